The number of hydrogen-bond acceptors (Lipinski definition) is 6. The molecule has 0 spiro atoms. The summed E-state index contributed by atoms with van der Waals surface area (Å²) in [6.45, 7) is 13.2. The van der Waals surface area contributed by atoms with Gasteiger partial charge in [-0.3, -0.25) is 9.52 Å². The fourth-order valence-corrected chi connectivity index (χ4v) is 6.13. The summed E-state index contributed by atoms with van der Waals surface area (Å²) in [7, 11) is 0. The number of anilines is 1. The van der Waals surface area contributed by atoms with Gasteiger partial charge in [-0.25, -0.2) is 9.97 Å². The Kier molecular flexibility index (Phi) is 8.70. The summed E-state index contributed by atoms with van der Waals surface area (Å²) in [5.74, 6) is 0.722. The first-order valence-electron chi connectivity index (χ1n) is 13.1. The maximum atomic E-state index is 13.7. The van der Waals surface area contributed by atoms with E-state index >= 15 is 0 Å². The molecule has 1 amide bonds. The van der Waals surface area contributed by atoms with Crippen molar-refractivity contribution in [2.24, 2.45) is 11.3 Å². The first kappa shape index (κ1) is 28.4. The predicted octanol–water partition coefficient (Wildman–Crippen LogP) is 7.18. The van der Waals surface area contributed by atoms with E-state index in [0.717, 1.165) is 33.7 Å². The predicted molar refractivity (Wildman–Crippen MR) is 157 cm³/mol. The number of aromatic nitrogens is 2. The summed E-state index contributed by atoms with van der Waals surface area (Å²) in [6.07, 6.45) is 0.932. The van der Waals surface area contributed by atoms with Crippen molar-refractivity contribution in [1.82, 2.24) is 14.9 Å². The lowest BCUT2D eigenvalue weighted by Gasteiger charge is -2.47. The first-order valence-corrected chi connectivity index (χ1v) is 14.3. The fourth-order valence-electron chi connectivity index (χ4n) is 5.32. The Labute approximate surface area is 235 Å². The van der Waals surface area contributed by atoms with Crippen molar-refractivity contribution >= 4 is 35.4 Å². The maximum absolute atomic E-state index is 13.7. The summed E-state index contributed by atoms with van der Waals surface area (Å²) < 4.78 is 3.20. The monoisotopic (exact) mass is 552 g/mol. The minimum absolute atomic E-state index is 0.0544. The van der Waals surface area contributed by atoms with Crippen molar-refractivity contribution in [2.75, 3.05) is 11.3 Å². The van der Waals surface area contributed by atoms with E-state index in [2.05, 4.69) is 63.4 Å². The summed E-state index contributed by atoms with van der Waals surface area (Å²) in [6, 6.07) is 15.2. The van der Waals surface area contributed by atoms with Crippen molar-refractivity contribution < 1.29 is 9.90 Å². The van der Waals surface area contributed by atoms with E-state index in [9.17, 15) is 9.90 Å². The highest BCUT2D eigenvalue weighted by Gasteiger charge is 2.41. The molecule has 0 aliphatic carbocycles. The third-order valence-electron chi connectivity index (χ3n) is 6.95. The van der Waals surface area contributed by atoms with Gasteiger partial charge >= 0.3 is 0 Å². The van der Waals surface area contributed by atoms with Crippen LogP contribution in [0.25, 0.3) is 11.3 Å². The third-order valence-corrected chi connectivity index (χ3v) is 7.92. The molecule has 38 heavy (non-hydrogen) atoms. The number of aliphatic hydroxyl groups is 1. The van der Waals surface area contributed by atoms with Crippen LogP contribution in [0.1, 0.15) is 62.0 Å². The molecule has 1 aromatic heterocycles. The molecule has 3 aromatic rings. The largest absolute Gasteiger partial charge is 0.391 e. The number of halogens is 1. The number of amides is 1. The van der Waals surface area contributed by atoms with Crippen LogP contribution in [0.3, 0.4) is 0 Å². The normalized spacial score (nSPS) is 19.0. The molecule has 2 heterocycles. The highest BCUT2D eigenvalue weighted by molar-refractivity contribution is 8.00. The molecule has 1 saturated heterocycles. The molecular weight excluding hydrogens is 516 g/mol. The van der Waals surface area contributed by atoms with Crippen LogP contribution in [-0.2, 0) is 0 Å². The van der Waals surface area contributed by atoms with Gasteiger partial charge in [0.1, 0.15) is 5.15 Å². The molecule has 6 nitrogen and oxygen atoms in total. The zero-order chi connectivity index (χ0) is 27.6. The SMILES string of the molecule is Cc1cccc(C)c1-c1cc(Cl)nc(NSc2cccc(C(=O)N3CC(C)(C)CC(O)C3CC(C)C)c2)n1. The average Bonchev–Trinajstić information content (AvgIpc) is 2.83. The van der Waals surface area contributed by atoms with E-state index in [-0.39, 0.29) is 17.4 Å². The lowest BCUT2D eigenvalue weighted by Crippen LogP contribution is -2.56. The zero-order valence-electron chi connectivity index (χ0n) is 23.0. The molecule has 0 saturated carbocycles. The number of piperidine rings is 1. The highest BCUT2D eigenvalue weighted by atomic mass is 35.5. The molecule has 0 bridgehead atoms. The second-order valence-corrected chi connectivity index (χ2v) is 12.7. The molecule has 2 atom stereocenters. The van der Waals surface area contributed by atoms with Crippen molar-refractivity contribution in [3.05, 3.63) is 70.4 Å². The number of carbonyl (C=O) groups is 1. The number of benzene rings is 2. The summed E-state index contributed by atoms with van der Waals surface area (Å²) in [5.41, 5.74) is 4.49. The van der Waals surface area contributed by atoms with Crippen molar-refractivity contribution in [2.45, 2.75) is 71.4 Å². The number of likely N-dealkylation sites (tertiary alicyclic amines) is 1. The van der Waals surface area contributed by atoms with E-state index < -0.39 is 6.10 Å². The first-order chi connectivity index (χ1) is 17.9. The average molecular weight is 553 g/mol. The number of rotatable bonds is 7. The highest BCUT2D eigenvalue weighted by Crippen LogP contribution is 2.36. The van der Waals surface area contributed by atoms with Crippen molar-refractivity contribution in [3.63, 3.8) is 0 Å². The van der Waals surface area contributed by atoms with E-state index in [4.69, 9.17) is 16.6 Å². The molecule has 2 N–H and O–H groups in total. The molecular formula is C30H37ClN4O2S. The van der Waals surface area contributed by atoms with Crippen molar-refractivity contribution in [3.8, 4) is 11.3 Å². The van der Waals surface area contributed by atoms with Gasteiger partial charge in [0.15, 0.2) is 0 Å². The van der Waals surface area contributed by atoms with Gasteiger partial charge in [0.2, 0.25) is 5.95 Å². The van der Waals surface area contributed by atoms with Crippen LogP contribution >= 0.6 is 23.5 Å². The van der Waals surface area contributed by atoms with Crippen LogP contribution in [0.15, 0.2) is 53.4 Å². The Morgan fingerprint density at radius 1 is 1.16 bits per heavy atom. The van der Waals surface area contributed by atoms with Crippen molar-refractivity contribution in [1.29, 1.82) is 0 Å². The molecule has 4 rings (SSSR count). The lowest BCUT2D eigenvalue weighted by molar-refractivity contribution is -0.0375. The van der Waals surface area contributed by atoms with E-state index in [1.165, 1.54) is 11.9 Å². The van der Waals surface area contributed by atoms with Gasteiger partial charge < -0.3 is 10.0 Å². The van der Waals surface area contributed by atoms with Gasteiger partial charge in [-0.2, -0.15) is 0 Å². The number of aliphatic hydroxyl groups excluding tert-OH is 1. The number of hydrogen-bond donors (Lipinski definition) is 2. The number of nitrogens with one attached hydrogen (secondary N) is 1. The molecule has 1 aliphatic rings. The smallest absolute Gasteiger partial charge is 0.254 e. The molecule has 1 fully saturated rings. The van der Waals surface area contributed by atoms with Crippen LogP contribution in [-0.4, -0.2) is 44.6 Å². The molecule has 202 valence electrons. The van der Waals surface area contributed by atoms with Crippen LogP contribution in [0.4, 0.5) is 5.95 Å². The van der Waals surface area contributed by atoms with E-state index in [1.54, 1.807) is 6.07 Å². The van der Waals surface area contributed by atoms with Gasteiger partial charge in [0.05, 0.1) is 17.8 Å². The van der Waals surface area contributed by atoms with E-state index in [0.29, 0.717) is 35.5 Å². The third kappa shape index (κ3) is 6.68. The number of aryl methyl sites for hydroxylation is 2. The number of carbonyl (C=O) groups excluding carboxylic acids is 1. The van der Waals surface area contributed by atoms with Gasteiger partial charge in [0, 0.05) is 28.6 Å². The standard InChI is InChI=1S/C30H37ClN4O2S/c1-18(2)13-24-25(36)16-30(5,6)17-35(24)28(37)21-11-8-12-22(14-21)38-34-29-32-23(15-26(31)33-29)27-19(3)9-7-10-20(27)4/h7-12,14-15,18,24-25,36H,13,16-17H2,1-6H3,(H,32,33,34). The minimum atomic E-state index is -0.532. The van der Waals surface area contributed by atoms with Crippen LogP contribution < -0.4 is 4.72 Å². The molecule has 1 aliphatic heterocycles. The molecule has 2 unspecified atom stereocenters. The van der Waals surface area contributed by atoms with Crippen LogP contribution in [0.2, 0.25) is 5.15 Å². The molecule has 2 aromatic carbocycles. The fraction of sp³-hybridized carbons (Fsp3) is 0.433. The topological polar surface area (TPSA) is 78.4 Å². The van der Waals surface area contributed by atoms with Gasteiger partial charge in [-0.15, -0.1) is 0 Å². The van der Waals surface area contributed by atoms with Crippen LogP contribution in [0.5, 0.6) is 0 Å². The molecule has 0 radical (unpaired) electrons. The zero-order valence-corrected chi connectivity index (χ0v) is 24.5. The summed E-state index contributed by atoms with van der Waals surface area (Å²) in [4.78, 5) is 25.5. The minimum Gasteiger partial charge on any atom is -0.391 e. The lowest BCUT2D eigenvalue weighted by atomic mass is 9.77. The Balaban J connectivity index is 1.54. The Hall–Kier alpha value is -2.61. The summed E-state index contributed by atoms with van der Waals surface area (Å²) in [5, 5.41) is 11.3. The Bertz CT molecular complexity index is 1290. The Morgan fingerprint density at radius 3 is 2.53 bits per heavy atom. The number of nitrogens with zero attached hydrogens (tertiary/aromatic N) is 3. The molecule has 8 heteroatoms. The Morgan fingerprint density at radius 2 is 1.84 bits per heavy atom. The van der Waals surface area contributed by atoms with E-state index in [1.807, 2.05) is 35.2 Å². The second-order valence-electron chi connectivity index (χ2n) is 11.5. The van der Waals surface area contributed by atoms with Gasteiger partial charge in [0.25, 0.3) is 5.91 Å². The van der Waals surface area contributed by atoms with Crippen LogP contribution in [0, 0.1) is 25.2 Å². The van der Waals surface area contributed by atoms with Gasteiger partial charge in [-0.05, 0) is 79.3 Å². The van der Waals surface area contributed by atoms with Gasteiger partial charge in [-0.1, -0.05) is 63.6 Å². The quantitative estimate of drug-likeness (QED) is 0.239. The summed E-state index contributed by atoms with van der Waals surface area (Å²) >= 11 is 7.68. The maximum Gasteiger partial charge on any atom is 0.254 e. The second kappa shape index (κ2) is 11.6.